The Bertz CT molecular complexity index is 236. The van der Waals surface area contributed by atoms with Gasteiger partial charge in [0.2, 0.25) is 5.91 Å². The fourth-order valence-electron chi connectivity index (χ4n) is 3.12. The number of amides is 1. The Morgan fingerprint density at radius 3 is 2.50 bits per heavy atom. The molecule has 2 nitrogen and oxygen atoms in total. The van der Waals surface area contributed by atoms with Crippen molar-refractivity contribution in [2.45, 2.75) is 57.4 Å². The molecule has 0 aromatic rings. The van der Waals surface area contributed by atoms with Crippen molar-refractivity contribution in [2.24, 2.45) is 5.92 Å². The van der Waals surface area contributed by atoms with Crippen molar-refractivity contribution in [1.29, 1.82) is 0 Å². The average Bonchev–Trinajstić information content (AvgIpc) is 2.83. The first-order valence-corrected chi connectivity index (χ1v) is 7.23. The van der Waals surface area contributed by atoms with Crippen LogP contribution in [0.4, 0.5) is 0 Å². The summed E-state index contributed by atoms with van der Waals surface area (Å²) in [6.45, 7) is 0.969. The van der Waals surface area contributed by atoms with E-state index in [-0.39, 0.29) is 0 Å². The quantitative estimate of drug-likeness (QED) is 0.698. The van der Waals surface area contributed by atoms with Gasteiger partial charge in [-0.1, -0.05) is 12.8 Å². The molecular weight excluding hydrogens is 222 g/mol. The van der Waals surface area contributed by atoms with Gasteiger partial charge in [0.1, 0.15) is 0 Å². The maximum Gasteiger partial charge on any atom is 0.225 e. The minimum Gasteiger partial charge on any atom is -0.339 e. The third-order valence-corrected chi connectivity index (χ3v) is 4.28. The van der Waals surface area contributed by atoms with Crippen LogP contribution in [0.5, 0.6) is 0 Å². The second kappa shape index (κ2) is 5.90. The lowest BCUT2D eigenvalue weighted by molar-refractivity contribution is -0.139. The Hall–Kier alpha value is -0.240. The zero-order valence-electron chi connectivity index (χ0n) is 9.96. The van der Waals surface area contributed by atoms with Crippen LogP contribution < -0.4 is 0 Å². The molecule has 1 amide bonds. The number of rotatable bonds is 3. The molecule has 2 aliphatic rings. The monoisotopic (exact) mass is 243 g/mol. The lowest BCUT2D eigenvalue weighted by Crippen LogP contribution is -2.46. The summed E-state index contributed by atoms with van der Waals surface area (Å²) in [4.78, 5) is 14.5. The highest BCUT2D eigenvalue weighted by atomic mass is 35.5. The van der Waals surface area contributed by atoms with Crippen LogP contribution in [0, 0.1) is 5.92 Å². The second-order valence-corrected chi connectivity index (χ2v) is 5.52. The third-order valence-electron chi connectivity index (χ3n) is 4.06. The maximum absolute atomic E-state index is 12.4. The van der Waals surface area contributed by atoms with Gasteiger partial charge in [-0.3, -0.25) is 4.79 Å². The van der Waals surface area contributed by atoms with Crippen molar-refractivity contribution in [3.63, 3.8) is 0 Å². The first-order valence-electron chi connectivity index (χ1n) is 6.69. The number of piperidine rings is 1. The van der Waals surface area contributed by atoms with E-state index in [1.807, 2.05) is 0 Å². The van der Waals surface area contributed by atoms with E-state index in [9.17, 15) is 4.79 Å². The minimum atomic E-state index is 0.330. The maximum atomic E-state index is 12.4. The Balaban J connectivity index is 1.95. The number of alkyl halides is 1. The van der Waals surface area contributed by atoms with Gasteiger partial charge in [-0.15, -0.1) is 11.6 Å². The van der Waals surface area contributed by atoms with Gasteiger partial charge < -0.3 is 4.90 Å². The lowest BCUT2D eigenvalue weighted by Gasteiger charge is -2.37. The van der Waals surface area contributed by atoms with Gasteiger partial charge in [0, 0.05) is 24.4 Å². The molecule has 1 saturated heterocycles. The molecule has 1 saturated carbocycles. The topological polar surface area (TPSA) is 20.3 Å². The largest absolute Gasteiger partial charge is 0.339 e. The van der Waals surface area contributed by atoms with E-state index in [0.29, 0.717) is 23.7 Å². The SMILES string of the molecule is O=C(C1CCCC1)N1CCCCC1CCCl. The summed E-state index contributed by atoms with van der Waals surface area (Å²) in [5.74, 6) is 1.43. The fraction of sp³-hybridized carbons (Fsp3) is 0.923. The van der Waals surface area contributed by atoms with Crippen molar-refractivity contribution in [3.8, 4) is 0 Å². The second-order valence-electron chi connectivity index (χ2n) is 5.14. The highest BCUT2D eigenvalue weighted by molar-refractivity contribution is 6.17. The van der Waals surface area contributed by atoms with Crippen LogP contribution in [-0.4, -0.2) is 29.3 Å². The molecule has 2 rings (SSSR count). The van der Waals surface area contributed by atoms with Gasteiger partial charge in [-0.25, -0.2) is 0 Å². The van der Waals surface area contributed by atoms with Crippen LogP contribution in [0.3, 0.4) is 0 Å². The van der Waals surface area contributed by atoms with Crippen LogP contribution in [0.2, 0.25) is 0 Å². The third kappa shape index (κ3) is 2.71. The molecule has 1 atom stereocenters. The number of nitrogens with zero attached hydrogens (tertiary/aromatic N) is 1. The molecule has 1 aliphatic carbocycles. The predicted octanol–water partition coefficient (Wildman–Crippen LogP) is 3.19. The Kier molecular flexibility index (Phi) is 4.51. The molecule has 3 heteroatoms. The Labute approximate surface area is 103 Å². The molecule has 1 heterocycles. The summed E-state index contributed by atoms with van der Waals surface area (Å²) >= 11 is 5.83. The van der Waals surface area contributed by atoms with Crippen LogP contribution in [-0.2, 0) is 4.79 Å². The molecule has 0 radical (unpaired) electrons. The fourth-order valence-corrected chi connectivity index (χ4v) is 3.38. The molecule has 0 aromatic heterocycles. The first kappa shape index (κ1) is 12.2. The number of carbonyl (C=O) groups excluding carboxylic acids is 1. The molecule has 16 heavy (non-hydrogen) atoms. The molecular formula is C13H22ClNO. The zero-order chi connectivity index (χ0) is 11.4. The standard InChI is InChI=1S/C13H22ClNO/c14-9-8-12-7-3-4-10-15(12)13(16)11-5-1-2-6-11/h11-12H,1-10H2. The summed E-state index contributed by atoms with van der Waals surface area (Å²) in [6.07, 6.45) is 9.28. The summed E-state index contributed by atoms with van der Waals surface area (Å²) in [5.41, 5.74) is 0. The van der Waals surface area contributed by atoms with E-state index < -0.39 is 0 Å². The number of hydrogen-bond donors (Lipinski definition) is 0. The number of carbonyl (C=O) groups is 1. The van der Waals surface area contributed by atoms with E-state index in [2.05, 4.69) is 4.90 Å². The van der Waals surface area contributed by atoms with Gasteiger partial charge in [0.25, 0.3) is 0 Å². The molecule has 0 spiro atoms. The van der Waals surface area contributed by atoms with Gasteiger partial charge in [-0.05, 0) is 38.5 Å². The van der Waals surface area contributed by atoms with Crippen molar-refractivity contribution in [3.05, 3.63) is 0 Å². The van der Waals surface area contributed by atoms with E-state index in [4.69, 9.17) is 11.6 Å². The number of hydrogen-bond acceptors (Lipinski definition) is 1. The molecule has 0 bridgehead atoms. The van der Waals surface area contributed by atoms with Gasteiger partial charge >= 0.3 is 0 Å². The van der Waals surface area contributed by atoms with Gasteiger partial charge in [-0.2, -0.15) is 0 Å². The summed E-state index contributed by atoms with van der Waals surface area (Å²) in [7, 11) is 0. The summed E-state index contributed by atoms with van der Waals surface area (Å²) in [5, 5.41) is 0. The lowest BCUT2D eigenvalue weighted by atomic mass is 9.97. The van der Waals surface area contributed by atoms with E-state index in [0.717, 1.165) is 32.2 Å². The van der Waals surface area contributed by atoms with Crippen LogP contribution in [0.25, 0.3) is 0 Å². The normalized spacial score (nSPS) is 27.3. The molecule has 0 N–H and O–H groups in total. The number of likely N-dealkylation sites (tertiary alicyclic amines) is 1. The van der Waals surface area contributed by atoms with Crippen molar-refractivity contribution >= 4 is 17.5 Å². The molecule has 1 unspecified atom stereocenters. The van der Waals surface area contributed by atoms with Crippen LogP contribution in [0.15, 0.2) is 0 Å². The summed E-state index contributed by atoms with van der Waals surface area (Å²) in [6, 6.07) is 0.430. The average molecular weight is 244 g/mol. The van der Waals surface area contributed by atoms with E-state index in [1.54, 1.807) is 0 Å². The highest BCUT2D eigenvalue weighted by Crippen LogP contribution is 2.30. The van der Waals surface area contributed by atoms with Crippen molar-refractivity contribution in [1.82, 2.24) is 4.90 Å². The van der Waals surface area contributed by atoms with Crippen molar-refractivity contribution < 1.29 is 4.79 Å². The van der Waals surface area contributed by atoms with E-state index in [1.165, 1.54) is 25.7 Å². The van der Waals surface area contributed by atoms with Crippen LogP contribution in [0.1, 0.15) is 51.4 Å². The predicted molar refractivity (Wildman–Crippen MR) is 66.6 cm³/mol. The highest BCUT2D eigenvalue weighted by Gasteiger charge is 2.32. The Morgan fingerprint density at radius 2 is 1.81 bits per heavy atom. The molecule has 0 aromatic carbocycles. The molecule has 92 valence electrons. The van der Waals surface area contributed by atoms with Crippen molar-refractivity contribution in [2.75, 3.05) is 12.4 Å². The zero-order valence-corrected chi connectivity index (χ0v) is 10.7. The minimum absolute atomic E-state index is 0.330. The van der Waals surface area contributed by atoms with E-state index >= 15 is 0 Å². The van der Waals surface area contributed by atoms with Gasteiger partial charge in [0.15, 0.2) is 0 Å². The molecule has 1 aliphatic heterocycles. The number of halogens is 1. The van der Waals surface area contributed by atoms with Crippen LogP contribution >= 0.6 is 11.6 Å². The Morgan fingerprint density at radius 1 is 1.12 bits per heavy atom. The smallest absolute Gasteiger partial charge is 0.225 e. The summed E-state index contributed by atoms with van der Waals surface area (Å²) < 4.78 is 0. The van der Waals surface area contributed by atoms with Gasteiger partial charge in [0.05, 0.1) is 0 Å². The first-order chi connectivity index (χ1) is 7.83. The molecule has 2 fully saturated rings.